The average molecular weight is 680 g/mol. The fourth-order valence-corrected chi connectivity index (χ4v) is 6.49. The van der Waals surface area contributed by atoms with Crippen LogP contribution in [0.15, 0.2) is 108 Å². The van der Waals surface area contributed by atoms with Gasteiger partial charge in [0.25, 0.3) is 10.0 Å². The molecule has 4 aromatic carbocycles. The molecule has 0 aliphatic carbocycles. The predicted octanol–water partition coefficient (Wildman–Crippen LogP) is 7.07. The van der Waals surface area contributed by atoms with Crippen molar-refractivity contribution >= 4 is 27.5 Å². The van der Waals surface area contributed by atoms with Gasteiger partial charge in [-0.2, -0.15) is 13.2 Å². The molecule has 11 heteroatoms. The van der Waals surface area contributed by atoms with E-state index in [0.29, 0.717) is 22.4 Å². The minimum absolute atomic E-state index is 0.0500. The van der Waals surface area contributed by atoms with Crippen molar-refractivity contribution in [3.05, 3.63) is 131 Å². The summed E-state index contributed by atoms with van der Waals surface area (Å²) in [5, 5.41) is 2.96. The van der Waals surface area contributed by atoms with Crippen molar-refractivity contribution in [1.29, 1.82) is 0 Å². The molecule has 0 unspecified atom stereocenters. The Bertz CT molecular complexity index is 1800. The van der Waals surface area contributed by atoms with E-state index in [2.05, 4.69) is 5.32 Å². The fourth-order valence-electron chi connectivity index (χ4n) is 5.09. The molecule has 0 bridgehead atoms. The highest BCUT2D eigenvalue weighted by Gasteiger charge is 2.36. The van der Waals surface area contributed by atoms with Crippen molar-refractivity contribution in [2.45, 2.75) is 70.2 Å². The highest BCUT2D eigenvalue weighted by molar-refractivity contribution is 7.92. The monoisotopic (exact) mass is 679 g/mol. The summed E-state index contributed by atoms with van der Waals surface area (Å²) in [6.07, 6.45) is -4.01. The summed E-state index contributed by atoms with van der Waals surface area (Å²) in [4.78, 5) is 29.6. The van der Waals surface area contributed by atoms with Crippen LogP contribution < -0.4 is 9.62 Å². The molecule has 0 aromatic heterocycles. The first kappa shape index (κ1) is 36.2. The van der Waals surface area contributed by atoms with Gasteiger partial charge in [-0.25, -0.2) is 8.42 Å². The second-order valence-corrected chi connectivity index (χ2v) is 13.8. The lowest BCUT2D eigenvalue weighted by atomic mass is 10.0. The Morgan fingerprint density at radius 3 is 2.00 bits per heavy atom. The van der Waals surface area contributed by atoms with E-state index < -0.39 is 46.2 Å². The number of sulfonamides is 1. The van der Waals surface area contributed by atoms with Gasteiger partial charge in [0.2, 0.25) is 11.8 Å². The van der Waals surface area contributed by atoms with Gasteiger partial charge in [-0.1, -0.05) is 90.8 Å². The maximum Gasteiger partial charge on any atom is 0.416 e. The van der Waals surface area contributed by atoms with Gasteiger partial charge in [0.15, 0.2) is 0 Å². The molecule has 48 heavy (non-hydrogen) atoms. The molecule has 0 saturated carbocycles. The Kier molecular flexibility index (Phi) is 11.7. The van der Waals surface area contributed by atoms with Gasteiger partial charge in [-0.3, -0.25) is 13.9 Å². The topological polar surface area (TPSA) is 86.8 Å². The number of aryl methyl sites for hydroxylation is 2. The Balaban J connectivity index is 1.84. The number of benzene rings is 4. The van der Waals surface area contributed by atoms with Crippen LogP contribution in [0.3, 0.4) is 0 Å². The number of amides is 2. The van der Waals surface area contributed by atoms with Gasteiger partial charge in [0.05, 0.1) is 16.1 Å². The number of halogens is 3. The second kappa shape index (κ2) is 15.5. The molecule has 0 aliphatic heterocycles. The van der Waals surface area contributed by atoms with Gasteiger partial charge in [-0.15, -0.1) is 0 Å². The normalized spacial score (nSPS) is 13.0. The molecular formula is C37H40F3N3O4S. The third-order valence-corrected chi connectivity index (χ3v) is 9.88. The number of alkyl halides is 3. The molecule has 2 atom stereocenters. The molecule has 254 valence electrons. The Morgan fingerprint density at radius 2 is 1.42 bits per heavy atom. The van der Waals surface area contributed by atoms with Gasteiger partial charge >= 0.3 is 6.18 Å². The summed E-state index contributed by atoms with van der Waals surface area (Å²) in [5.41, 5.74) is 1.81. The van der Waals surface area contributed by atoms with E-state index in [1.54, 1.807) is 19.1 Å². The van der Waals surface area contributed by atoms with Crippen molar-refractivity contribution in [1.82, 2.24) is 10.2 Å². The molecule has 0 aliphatic rings. The van der Waals surface area contributed by atoms with Crippen LogP contribution in [0, 0.1) is 13.8 Å². The lowest BCUT2D eigenvalue weighted by Crippen LogP contribution is -2.54. The van der Waals surface area contributed by atoms with Crippen molar-refractivity contribution in [2.24, 2.45) is 0 Å². The summed E-state index contributed by atoms with van der Waals surface area (Å²) < 4.78 is 70.4. The van der Waals surface area contributed by atoms with E-state index in [-0.39, 0.29) is 29.6 Å². The first-order valence-corrected chi connectivity index (χ1v) is 17.1. The third kappa shape index (κ3) is 9.25. The van der Waals surface area contributed by atoms with Gasteiger partial charge < -0.3 is 10.2 Å². The lowest BCUT2D eigenvalue weighted by molar-refractivity contribution is -0.140. The number of rotatable bonds is 13. The second-order valence-electron chi connectivity index (χ2n) is 11.9. The van der Waals surface area contributed by atoms with Crippen LogP contribution in [0.5, 0.6) is 0 Å². The first-order valence-electron chi connectivity index (χ1n) is 15.6. The summed E-state index contributed by atoms with van der Waals surface area (Å²) >= 11 is 0. The van der Waals surface area contributed by atoms with Gasteiger partial charge in [0.1, 0.15) is 12.6 Å². The van der Waals surface area contributed by atoms with E-state index in [4.69, 9.17) is 0 Å². The predicted molar refractivity (Wildman–Crippen MR) is 181 cm³/mol. The van der Waals surface area contributed by atoms with E-state index in [1.807, 2.05) is 75.4 Å². The van der Waals surface area contributed by atoms with E-state index in [1.165, 1.54) is 23.1 Å². The largest absolute Gasteiger partial charge is 0.416 e. The molecule has 0 heterocycles. The van der Waals surface area contributed by atoms with Gasteiger partial charge in [0, 0.05) is 19.0 Å². The zero-order valence-electron chi connectivity index (χ0n) is 27.4. The van der Waals surface area contributed by atoms with Crippen LogP contribution in [0.25, 0.3) is 0 Å². The van der Waals surface area contributed by atoms with Crippen molar-refractivity contribution < 1.29 is 31.2 Å². The fraction of sp³-hybridized carbons (Fsp3) is 0.297. The molecule has 1 N–H and O–H groups in total. The maximum absolute atomic E-state index is 14.5. The standard InChI is InChI=1S/C37H40F3N3O4S/c1-5-28(4)41-36(45)34(22-29-10-7-6-8-11-29)42(24-30-18-14-26(2)15-19-30)35(44)25-43(32-13-9-12-31(23-32)37(38,39)40)48(46,47)33-20-16-27(3)17-21-33/h6-21,23,28,34H,5,22,24-25H2,1-4H3,(H,41,45)/t28-,34+/m0/s1. The van der Waals surface area contributed by atoms with Crippen molar-refractivity contribution in [2.75, 3.05) is 10.8 Å². The molecule has 0 fully saturated rings. The Hall–Kier alpha value is -4.64. The number of nitrogens with one attached hydrogen (secondary N) is 1. The minimum atomic E-state index is -4.76. The molecule has 0 spiro atoms. The summed E-state index contributed by atoms with van der Waals surface area (Å²) in [6, 6.07) is 24.9. The average Bonchev–Trinajstić information content (AvgIpc) is 3.06. The number of hydrogen-bond donors (Lipinski definition) is 1. The highest BCUT2D eigenvalue weighted by atomic mass is 32.2. The van der Waals surface area contributed by atoms with Crippen LogP contribution >= 0.6 is 0 Å². The molecule has 4 aromatic rings. The summed E-state index contributed by atoms with van der Waals surface area (Å²) in [7, 11) is -4.55. The zero-order valence-corrected chi connectivity index (χ0v) is 28.2. The van der Waals surface area contributed by atoms with E-state index in [0.717, 1.165) is 28.8 Å². The number of carbonyl (C=O) groups excluding carboxylic acids is 2. The zero-order chi connectivity index (χ0) is 35.1. The van der Waals surface area contributed by atoms with Crippen LogP contribution in [0.1, 0.15) is 48.1 Å². The minimum Gasteiger partial charge on any atom is -0.352 e. The summed E-state index contributed by atoms with van der Waals surface area (Å²) in [6.45, 7) is 6.53. The van der Waals surface area contributed by atoms with E-state index in [9.17, 15) is 31.2 Å². The smallest absolute Gasteiger partial charge is 0.352 e. The van der Waals surface area contributed by atoms with Crippen LogP contribution in [0.2, 0.25) is 0 Å². The number of nitrogens with zero attached hydrogens (tertiary/aromatic N) is 2. The SMILES string of the molecule is CC[C@H](C)NC(=O)[C@@H](Cc1ccccc1)N(Cc1ccc(C)cc1)C(=O)CN(c1cccc(C(F)(F)F)c1)S(=O)(=O)c1ccc(C)cc1. The van der Waals surface area contributed by atoms with Crippen LogP contribution in [-0.4, -0.2) is 43.8 Å². The maximum atomic E-state index is 14.5. The number of hydrogen-bond acceptors (Lipinski definition) is 4. The molecule has 0 radical (unpaired) electrons. The van der Waals surface area contributed by atoms with Crippen LogP contribution in [0.4, 0.5) is 18.9 Å². The highest BCUT2D eigenvalue weighted by Crippen LogP contribution is 2.33. The van der Waals surface area contributed by atoms with E-state index >= 15 is 0 Å². The van der Waals surface area contributed by atoms with Gasteiger partial charge in [-0.05, 0) is 68.7 Å². The molecule has 0 saturated heterocycles. The first-order chi connectivity index (χ1) is 22.7. The molecule has 7 nitrogen and oxygen atoms in total. The number of anilines is 1. The van der Waals surface area contributed by atoms with Crippen molar-refractivity contribution in [3.63, 3.8) is 0 Å². The quantitative estimate of drug-likeness (QED) is 0.164. The number of carbonyl (C=O) groups is 2. The lowest BCUT2D eigenvalue weighted by Gasteiger charge is -2.34. The molecular weight excluding hydrogens is 639 g/mol. The van der Waals surface area contributed by atoms with Crippen LogP contribution in [-0.2, 0) is 38.8 Å². The summed E-state index contributed by atoms with van der Waals surface area (Å²) in [5.74, 6) is -1.19. The Labute approximate surface area is 280 Å². The molecule has 2 amide bonds. The Morgan fingerprint density at radius 1 is 0.812 bits per heavy atom. The molecule has 4 rings (SSSR count). The van der Waals surface area contributed by atoms with Crippen molar-refractivity contribution in [3.8, 4) is 0 Å². The third-order valence-electron chi connectivity index (χ3n) is 8.09.